The molecule has 4 aromatic rings. The fraction of sp³-hybridized carbons (Fsp3) is 0.217. The Bertz CT molecular complexity index is 1340. The molecule has 0 saturated carbocycles. The van der Waals surface area contributed by atoms with E-state index >= 15 is 4.39 Å². The summed E-state index contributed by atoms with van der Waals surface area (Å²) < 4.78 is 15.1. The van der Waals surface area contributed by atoms with Crippen molar-refractivity contribution in [3.05, 3.63) is 60.6 Å². The van der Waals surface area contributed by atoms with Gasteiger partial charge in [0.1, 0.15) is 11.9 Å². The number of halogens is 1. The Labute approximate surface area is 182 Å². The first-order valence-corrected chi connectivity index (χ1v) is 10.2. The smallest absolute Gasteiger partial charge is 0.246 e. The number of phenols is 1. The van der Waals surface area contributed by atoms with Gasteiger partial charge in [0.25, 0.3) is 0 Å². The molecule has 8 nitrogen and oxygen atoms in total. The number of aromatic amines is 2. The highest BCUT2D eigenvalue weighted by Crippen LogP contribution is 2.41. The second-order valence-corrected chi connectivity index (χ2v) is 7.90. The van der Waals surface area contributed by atoms with Crippen molar-refractivity contribution in [2.75, 3.05) is 13.1 Å². The molecule has 4 heterocycles. The zero-order chi connectivity index (χ0) is 22.4. The summed E-state index contributed by atoms with van der Waals surface area (Å²) in [6.45, 7) is 5.62. The van der Waals surface area contributed by atoms with E-state index < -0.39 is 12.1 Å². The van der Waals surface area contributed by atoms with Crippen LogP contribution in [0, 0.1) is 6.92 Å². The maximum Gasteiger partial charge on any atom is 0.246 e. The highest BCUT2D eigenvalue weighted by Gasteiger charge is 2.39. The zero-order valence-corrected chi connectivity index (χ0v) is 17.3. The summed E-state index contributed by atoms with van der Waals surface area (Å²) in [6, 6.07) is 8.71. The van der Waals surface area contributed by atoms with Crippen LogP contribution in [0.2, 0.25) is 0 Å². The van der Waals surface area contributed by atoms with Gasteiger partial charge in [-0.15, -0.1) is 10.2 Å². The van der Waals surface area contributed by atoms with E-state index in [0.29, 0.717) is 22.6 Å². The standard InChI is InChI=1S/C23H21FN6O2/c1-3-20(32)30-10-16(17(24)11-30)22-21(15-9-25-27-12(15)2)14-8-18(28-29-23(14)26-22)13-6-4-5-7-19(13)31/h3-9,16-17,31H,1,10-11H2,2H3,(H,25,27)(H,26,29)/t16-,17+/m1/s1. The number of aromatic nitrogens is 5. The highest BCUT2D eigenvalue weighted by atomic mass is 19.1. The lowest BCUT2D eigenvalue weighted by Crippen LogP contribution is -2.27. The number of nitrogens with zero attached hydrogens (tertiary/aromatic N) is 4. The van der Waals surface area contributed by atoms with E-state index in [4.69, 9.17) is 0 Å². The van der Waals surface area contributed by atoms with E-state index in [0.717, 1.165) is 22.2 Å². The quantitative estimate of drug-likeness (QED) is 0.428. The van der Waals surface area contributed by atoms with Crippen LogP contribution in [-0.2, 0) is 4.79 Å². The largest absolute Gasteiger partial charge is 0.507 e. The summed E-state index contributed by atoms with van der Waals surface area (Å²) in [5, 5.41) is 26.6. The molecule has 1 fully saturated rings. The van der Waals surface area contributed by atoms with E-state index in [2.05, 4.69) is 32.0 Å². The minimum Gasteiger partial charge on any atom is -0.507 e. The first kappa shape index (κ1) is 19.9. The second kappa shape index (κ2) is 7.60. The third-order valence-corrected chi connectivity index (χ3v) is 5.97. The summed E-state index contributed by atoms with van der Waals surface area (Å²) in [4.78, 5) is 16.8. The van der Waals surface area contributed by atoms with Crippen LogP contribution in [0.3, 0.4) is 0 Å². The van der Waals surface area contributed by atoms with Crippen LogP contribution in [0.15, 0.2) is 49.2 Å². The number of aryl methyl sites for hydroxylation is 1. The predicted octanol–water partition coefficient (Wildman–Crippen LogP) is 3.48. The monoisotopic (exact) mass is 432 g/mol. The van der Waals surface area contributed by atoms with Crippen molar-refractivity contribution in [3.63, 3.8) is 0 Å². The number of fused-ring (bicyclic) bond motifs is 1. The lowest BCUT2D eigenvalue weighted by molar-refractivity contribution is -0.125. The highest BCUT2D eigenvalue weighted by molar-refractivity contribution is 5.98. The van der Waals surface area contributed by atoms with Crippen LogP contribution in [0.1, 0.15) is 17.3 Å². The SMILES string of the molecule is C=CC(=O)N1C[C@H](F)[C@H](c2[nH]c3nnc(-c4ccccc4O)cc3c2-c2cn[nH]c2C)C1. The number of phenolic OH excluding ortho intramolecular Hbond substituents is 1. The number of alkyl halides is 1. The van der Waals surface area contributed by atoms with Crippen molar-refractivity contribution in [1.82, 2.24) is 30.3 Å². The van der Waals surface area contributed by atoms with Crippen LogP contribution in [0.4, 0.5) is 4.39 Å². The van der Waals surface area contributed by atoms with Gasteiger partial charge < -0.3 is 15.0 Å². The topological polar surface area (TPSA) is 111 Å². The van der Waals surface area contributed by atoms with Crippen molar-refractivity contribution >= 4 is 16.9 Å². The van der Waals surface area contributed by atoms with Gasteiger partial charge in [0.05, 0.1) is 24.4 Å². The normalized spacial score (nSPS) is 18.4. The molecule has 3 aromatic heterocycles. The van der Waals surface area contributed by atoms with E-state index in [1.807, 2.05) is 19.1 Å². The van der Waals surface area contributed by atoms with Crippen molar-refractivity contribution in [2.24, 2.45) is 0 Å². The van der Waals surface area contributed by atoms with Gasteiger partial charge in [-0.3, -0.25) is 9.89 Å². The van der Waals surface area contributed by atoms with Crippen LogP contribution in [0.25, 0.3) is 33.4 Å². The van der Waals surface area contributed by atoms with Crippen LogP contribution < -0.4 is 0 Å². The first-order valence-electron chi connectivity index (χ1n) is 10.2. The predicted molar refractivity (Wildman–Crippen MR) is 118 cm³/mol. The Morgan fingerprint density at radius 1 is 1.28 bits per heavy atom. The first-order chi connectivity index (χ1) is 15.5. The summed E-state index contributed by atoms with van der Waals surface area (Å²) >= 11 is 0. The molecule has 5 rings (SSSR count). The van der Waals surface area contributed by atoms with Gasteiger partial charge in [-0.05, 0) is 31.2 Å². The molecule has 1 aliphatic rings. The maximum atomic E-state index is 15.1. The van der Waals surface area contributed by atoms with Crippen molar-refractivity contribution < 1.29 is 14.3 Å². The van der Waals surface area contributed by atoms with Gasteiger partial charge in [0.15, 0.2) is 5.65 Å². The zero-order valence-electron chi connectivity index (χ0n) is 17.3. The van der Waals surface area contributed by atoms with Gasteiger partial charge in [0, 0.05) is 40.0 Å². The van der Waals surface area contributed by atoms with Gasteiger partial charge in [-0.25, -0.2) is 4.39 Å². The van der Waals surface area contributed by atoms with Crippen LogP contribution in [0.5, 0.6) is 5.75 Å². The van der Waals surface area contributed by atoms with Gasteiger partial charge in [0.2, 0.25) is 5.91 Å². The average molecular weight is 432 g/mol. The maximum absolute atomic E-state index is 15.1. The molecule has 0 bridgehead atoms. The molecule has 1 aliphatic heterocycles. The average Bonchev–Trinajstić information content (AvgIpc) is 3.49. The molecule has 1 saturated heterocycles. The van der Waals surface area contributed by atoms with E-state index in [1.165, 1.54) is 11.0 Å². The van der Waals surface area contributed by atoms with Crippen molar-refractivity contribution in [2.45, 2.75) is 19.0 Å². The van der Waals surface area contributed by atoms with Crippen LogP contribution >= 0.6 is 0 Å². The molecule has 2 atom stereocenters. The Hall–Kier alpha value is -4.01. The molecular weight excluding hydrogens is 411 g/mol. The fourth-order valence-electron chi connectivity index (χ4n) is 4.35. The lowest BCUT2D eigenvalue weighted by atomic mass is 9.94. The third kappa shape index (κ3) is 3.13. The number of carbonyl (C=O) groups excluding carboxylic acids is 1. The Kier molecular flexibility index (Phi) is 4.73. The molecule has 32 heavy (non-hydrogen) atoms. The minimum absolute atomic E-state index is 0.00348. The number of rotatable bonds is 4. The molecule has 3 N–H and O–H groups in total. The van der Waals surface area contributed by atoms with E-state index in [9.17, 15) is 9.90 Å². The second-order valence-electron chi connectivity index (χ2n) is 7.90. The number of likely N-dealkylation sites (tertiary alicyclic amines) is 1. The third-order valence-electron chi connectivity index (χ3n) is 5.97. The summed E-state index contributed by atoms with van der Waals surface area (Å²) in [7, 11) is 0. The number of hydrogen-bond acceptors (Lipinski definition) is 5. The number of benzene rings is 1. The molecule has 1 amide bonds. The number of amides is 1. The molecular formula is C23H21FN6O2. The lowest BCUT2D eigenvalue weighted by Gasteiger charge is -2.14. The molecule has 9 heteroatoms. The number of nitrogens with one attached hydrogen (secondary N) is 2. The van der Waals surface area contributed by atoms with Crippen molar-refractivity contribution in [3.8, 4) is 28.1 Å². The molecule has 1 aromatic carbocycles. The van der Waals surface area contributed by atoms with E-state index in [-0.39, 0.29) is 24.7 Å². The number of aromatic hydroxyl groups is 1. The summed E-state index contributed by atoms with van der Waals surface area (Å²) in [5.41, 5.74) is 4.57. The van der Waals surface area contributed by atoms with Crippen molar-refractivity contribution in [1.29, 1.82) is 0 Å². The number of H-pyrrole nitrogens is 2. The Morgan fingerprint density at radius 3 is 2.81 bits per heavy atom. The summed E-state index contributed by atoms with van der Waals surface area (Å²) in [6.07, 6.45) is 1.64. The van der Waals surface area contributed by atoms with Gasteiger partial charge in [-0.2, -0.15) is 5.10 Å². The number of hydrogen-bond donors (Lipinski definition) is 3. The Morgan fingerprint density at radius 2 is 2.09 bits per heavy atom. The van der Waals surface area contributed by atoms with Crippen LogP contribution in [-0.4, -0.2) is 60.6 Å². The summed E-state index contributed by atoms with van der Waals surface area (Å²) in [5.74, 6) is -0.768. The minimum atomic E-state index is -1.25. The molecule has 162 valence electrons. The molecule has 0 radical (unpaired) electrons. The van der Waals surface area contributed by atoms with Gasteiger partial charge in [-0.1, -0.05) is 18.7 Å². The molecule has 0 aliphatic carbocycles. The number of carbonyl (C=O) groups is 1. The fourth-order valence-corrected chi connectivity index (χ4v) is 4.35. The van der Waals surface area contributed by atoms with Gasteiger partial charge >= 0.3 is 0 Å². The van der Waals surface area contributed by atoms with E-state index in [1.54, 1.807) is 24.4 Å². The Balaban J connectivity index is 1.70. The number of para-hydroxylation sites is 1. The molecule has 0 unspecified atom stereocenters. The molecule has 0 spiro atoms.